The summed E-state index contributed by atoms with van der Waals surface area (Å²) in [6.07, 6.45) is 2.60. The maximum atomic E-state index is 14.0. The van der Waals surface area contributed by atoms with E-state index in [1.165, 1.54) is 0 Å². The largest absolute Gasteiger partial charge is 0.495 e. The molecule has 2 amide bonds. The summed E-state index contributed by atoms with van der Waals surface area (Å²) in [6, 6.07) is 11.1. The van der Waals surface area contributed by atoms with E-state index in [1.807, 2.05) is 65.8 Å². The molecule has 0 spiro atoms. The molecular weight excluding hydrogens is 716 g/mol. The van der Waals surface area contributed by atoms with Gasteiger partial charge in [0.15, 0.2) is 11.6 Å². The molecule has 4 fully saturated rings. The van der Waals surface area contributed by atoms with Crippen LogP contribution in [0.25, 0.3) is 11.1 Å². The number of carbonyl (C=O) groups excluding carboxylic acids is 4. The number of benzene rings is 2. The molecule has 4 aliphatic rings. The van der Waals surface area contributed by atoms with Gasteiger partial charge in [-0.15, -0.1) is 0 Å². The first kappa shape index (κ1) is 33.2. The summed E-state index contributed by atoms with van der Waals surface area (Å²) < 4.78 is 11.4. The minimum absolute atomic E-state index is 0.0867. The second kappa shape index (κ2) is 10.4. The van der Waals surface area contributed by atoms with Gasteiger partial charge in [0.25, 0.3) is 0 Å². The van der Waals surface area contributed by atoms with Crippen molar-refractivity contribution in [3.05, 3.63) is 36.4 Å². The van der Waals surface area contributed by atoms with Gasteiger partial charge in [0.1, 0.15) is 11.5 Å². The Balaban J connectivity index is 1.25. The van der Waals surface area contributed by atoms with Crippen molar-refractivity contribution >= 4 is 66.6 Å². The molecule has 246 valence electrons. The number of Topliss-reactive ketones (excluding diaryl/α,β-unsaturated/α-hetero) is 2. The monoisotopic (exact) mass is 756 g/mol. The topological polar surface area (TPSA) is 111 Å². The quantitative estimate of drug-likeness (QED) is 0.282. The molecular formula is C36H42Br2N2O6. The Morgan fingerprint density at radius 1 is 0.652 bits per heavy atom. The molecule has 6 atom stereocenters. The highest BCUT2D eigenvalue weighted by molar-refractivity contribution is 9.10. The fraction of sp³-hybridized carbons (Fsp3) is 0.556. The van der Waals surface area contributed by atoms with Crippen LogP contribution in [0.2, 0.25) is 0 Å². The molecule has 4 bridgehead atoms. The lowest BCUT2D eigenvalue weighted by Crippen LogP contribution is -2.48. The van der Waals surface area contributed by atoms with Crippen molar-refractivity contribution in [1.82, 2.24) is 0 Å². The molecule has 0 heterocycles. The molecule has 2 aromatic rings. The van der Waals surface area contributed by atoms with Crippen LogP contribution in [0, 0.1) is 32.5 Å². The fourth-order valence-electron chi connectivity index (χ4n) is 9.33. The van der Waals surface area contributed by atoms with Gasteiger partial charge in [-0.05, 0) is 71.9 Å². The van der Waals surface area contributed by atoms with E-state index >= 15 is 0 Å². The van der Waals surface area contributed by atoms with Gasteiger partial charge in [0.05, 0.1) is 46.1 Å². The van der Waals surface area contributed by atoms with Crippen LogP contribution in [0.15, 0.2) is 36.4 Å². The minimum Gasteiger partial charge on any atom is -0.495 e. The van der Waals surface area contributed by atoms with Gasteiger partial charge in [0.2, 0.25) is 11.8 Å². The summed E-state index contributed by atoms with van der Waals surface area (Å²) in [4.78, 5) is 53.2. The molecule has 2 N–H and O–H groups in total. The Labute approximate surface area is 287 Å². The zero-order valence-electron chi connectivity index (χ0n) is 27.7. The Kier molecular flexibility index (Phi) is 7.50. The van der Waals surface area contributed by atoms with Gasteiger partial charge in [0, 0.05) is 10.8 Å². The van der Waals surface area contributed by atoms with E-state index in [-0.39, 0.29) is 23.4 Å². The lowest BCUT2D eigenvalue weighted by atomic mass is 9.64. The van der Waals surface area contributed by atoms with Crippen LogP contribution in [0.3, 0.4) is 0 Å². The average molecular weight is 759 g/mol. The van der Waals surface area contributed by atoms with E-state index in [4.69, 9.17) is 9.47 Å². The molecule has 4 aliphatic carbocycles. The Bertz CT molecular complexity index is 1580. The highest BCUT2D eigenvalue weighted by atomic mass is 79.9. The lowest BCUT2D eigenvalue weighted by Gasteiger charge is -2.39. The smallest absolute Gasteiger partial charge is 0.232 e. The number of alkyl halides is 2. The first-order valence-electron chi connectivity index (χ1n) is 15.8. The second-order valence-electron chi connectivity index (χ2n) is 15.0. The number of ketones is 2. The van der Waals surface area contributed by atoms with Crippen LogP contribution in [0.4, 0.5) is 11.4 Å². The number of fused-ring (bicyclic) bond motifs is 4. The Morgan fingerprint density at radius 3 is 1.28 bits per heavy atom. The summed E-state index contributed by atoms with van der Waals surface area (Å²) in [5, 5.41) is 6.17. The molecule has 4 saturated carbocycles. The van der Waals surface area contributed by atoms with Gasteiger partial charge in [-0.2, -0.15) is 0 Å². The number of rotatable bonds is 7. The van der Waals surface area contributed by atoms with Crippen LogP contribution in [0.5, 0.6) is 11.5 Å². The highest BCUT2D eigenvalue weighted by Crippen LogP contribution is 2.73. The molecule has 10 heteroatoms. The highest BCUT2D eigenvalue weighted by Gasteiger charge is 2.78. The molecule has 6 unspecified atom stereocenters. The van der Waals surface area contributed by atoms with E-state index in [0.717, 1.165) is 11.1 Å². The van der Waals surface area contributed by atoms with Gasteiger partial charge in [-0.25, -0.2) is 0 Å². The first-order valence-corrected chi connectivity index (χ1v) is 17.6. The van der Waals surface area contributed by atoms with Crippen LogP contribution in [-0.2, 0) is 19.2 Å². The Morgan fingerprint density at radius 2 is 1.00 bits per heavy atom. The second-order valence-corrected chi connectivity index (χ2v) is 16.9. The maximum absolute atomic E-state index is 14.0. The SMILES string of the molecule is COc1cc(-c2ccc(NC(=O)C34CCC(C)(C(=O)C3Br)C4(C)C)c(OC)c2)ccc1NC(=O)C12CCC(C)(C(=O)C1Br)C2(C)C. The molecule has 0 aromatic heterocycles. The minimum atomic E-state index is -0.872. The third-order valence-electron chi connectivity index (χ3n) is 13.5. The lowest BCUT2D eigenvalue weighted by molar-refractivity contribution is -0.131. The predicted octanol–water partition coefficient (Wildman–Crippen LogP) is 7.57. The predicted molar refractivity (Wildman–Crippen MR) is 185 cm³/mol. The number of hydrogen-bond acceptors (Lipinski definition) is 6. The van der Waals surface area contributed by atoms with Gasteiger partial charge in [-0.1, -0.05) is 85.5 Å². The molecule has 0 saturated heterocycles. The van der Waals surface area contributed by atoms with Crippen LogP contribution in [-0.4, -0.2) is 47.3 Å². The summed E-state index contributed by atoms with van der Waals surface area (Å²) in [5.41, 5.74) is -1.23. The summed E-state index contributed by atoms with van der Waals surface area (Å²) in [5.74, 6) is 0.746. The van der Waals surface area contributed by atoms with Crippen LogP contribution >= 0.6 is 31.9 Å². The normalized spacial score (nSPS) is 34.9. The third-order valence-corrected chi connectivity index (χ3v) is 15.9. The number of nitrogens with one attached hydrogen (secondary N) is 2. The standard InChI is InChI=1S/C36H42Br2N2O6/c1-31(2)33(5)13-15-35(31,25(37)27(33)41)29(43)39-21-11-9-19(17-23(21)45-7)20-10-12-22(24(18-20)46-8)40-30(44)36-16-14-34(6,32(36,3)4)28(42)26(36)38/h9-12,17-18,25-26H,13-16H2,1-8H3,(H,39,43)(H,40,44). The molecule has 8 nitrogen and oxygen atoms in total. The van der Waals surface area contributed by atoms with Crippen LogP contribution in [0.1, 0.15) is 67.2 Å². The maximum Gasteiger partial charge on any atom is 0.232 e. The van der Waals surface area contributed by atoms with Crippen molar-refractivity contribution in [2.24, 2.45) is 32.5 Å². The van der Waals surface area contributed by atoms with Gasteiger partial charge >= 0.3 is 0 Å². The van der Waals surface area contributed by atoms with E-state index in [1.54, 1.807) is 26.4 Å². The number of methoxy groups -OCH3 is 2. The van der Waals surface area contributed by atoms with E-state index < -0.39 is 42.1 Å². The number of anilines is 2. The van der Waals surface area contributed by atoms with E-state index in [2.05, 4.69) is 42.5 Å². The molecule has 2 aromatic carbocycles. The number of hydrogen-bond donors (Lipinski definition) is 2. The molecule has 0 radical (unpaired) electrons. The summed E-state index contributed by atoms with van der Waals surface area (Å²) in [7, 11) is 3.10. The summed E-state index contributed by atoms with van der Waals surface area (Å²) in [6.45, 7) is 12.0. The summed E-state index contributed by atoms with van der Waals surface area (Å²) >= 11 is 7.20. The number of ether oxygens (including phenoxy) is 2. The van der Waals surface area contributed by atoms with Crippen molar-refractivity contribution in [2.45, 2.75) is 76.9 Å². The van der Waals surface area contributed by atoms with Crippen molar-refractivity contribution in [1.29, 1.82) is 0 Å². The molecule has 0 aliphatic heterocycles. The van der Waals surface area contributed by atoms with E-state index in [9.17, 15) is 19.2 Å². The van der Waals surface area contributed by atoms with E-state index in [0.29, 0.717) is 48.6 Å². The average Bonchev–Trinajstić information content (AvgIpc) is 3.46. The zero-order chi connectivity index (χ0) is 33.8. The first-order chi connectivity index (χ1) is 21.4. The van der Waals surface area contributed by atoms with Crippen LogP contribution < -0.4 is 20.1 Å². The van der Waals surface area contributed by atoms with Crippen molar-refractivity contribution in [3.8, 4) is 22.6 Å². The van der Waals surface area contributed by atoms with Crippen molar-refractivity contribution < 1.29 is 28.7 Å². The number of carbonyl (C=O) groups is 4. The zero-order valence-corrected chi connectivity index (χ0v) is 30.8. The number of amides is 2. The van der Waals surface area contributed by atoms with Gasteiger partial charge < -0.3 is 20.1 Å². The third kappa shape index (κ3) is 3.77. The number of halogens is 2. The molecule has 6 rings (SSSR count). The Hall–Kier alpha value is -2.72. The van der Waals surface area contributed by atoms with Crippen molar-refractivity contribution in [3.63, 3.8) is 0 Å². The fourth-order valence-corrected chi connectivity index (χ4v) is 12.4. The molecule has 46 heavy (non-hydrogen) atoms. The van der Waals surface area contributed by atoms with Gasteiger partial charge in [-0.3, -0.25) is 19.2 Å². The van der Waals surface area contributed by atoms with Crippen molar-refractivity contribution in [2.75, 3.05) is 24.9 Å².